The Morgan fingerprint density at radius 3 is 1.51 bits per heavy atom. The third kappa shape index (κ3) is 7.92. The summed E-state index contributed by atoms with van der Waals surface area (Å²) in [4.78, 5) is 10.9. The highest BCUT2D eigenvalue weighted by Crippen LogP contribution is 2.40. The van der Waals surface area contributed by atoms with Gasteiger partial charge in [-0.15, -0.1) is 0 Å². The molecule has 10 rings (SSSR count). The molecule has 1 aliphatic heterocycles. The van der Waals surface area contributed by atoms with Gasteiger partial charge in [0.05, 0.1) is 11.8 Å². The Balaban J connectivity index is 1.07. The SMILES string of the molecule is C1=CC2N=C(c3ccccc3)N=C(c3ccccc3C3=C(c4ccc(-c5ccccc5)cc4)C=CCC=C3)/C=C/C2C(c2ccccc2-c2ccc(-c3ccccc3)cc2)=C1. The monoisotopic (exact) mass is 780 g/mol. The average molecular weight is 781 g/mol. The summed E-state index contributed by atoms with van der Waals surface area (Å²) in [5, 5.41) is 0. The molecule has 7 aromatic rings. The summed E-state index contributed by atoms with van der Waals surface area (Å²) < 4.78 is 0. The fraction of sp³-hybridized carbons (Fsp3) is 0.0508. The normalized spacial score (nSPS) is 17.6. The molecule has 0 saturated heterocycles. The predicted molar refractivity (Wildman–Crippen MR) is 258 cm³/mol. The van der Waals surface area contributed by atoms with Gasteiger partial charge in [-0.25, -0.2) is 4.99 Å². The number of allylic oxidation sites excluding steroid dienone is 9. The highest BCUT2D eigenvalue weighted by Gasteiger charge is 2.28. The lowest BCUT2D eigenvalue weighted by Crippen LogP contribution is -2.23. The lowest BCUT2D eigenvalue weighted by molar-refractivity contribution is 0.702. The van der Waals surface area contributed by atoms with Gasteiger partial charge in [0.15, 0.2) is 5.84 Å². The molecule has 0 aromatic heterocycles. The van der Waals surface area contributed by atoms with Crippen molar-refractivity contribution < 1.29 is 0 Å². The van der Waals surface area contributed by atoms with Crippen LogP contribution in [0.5, 0.6) is 0 Å². The van der Waals surface area contributed by atoms with Gasteiger partial charge >= 0.3 is 0 Å². The van der Waals surface area contributed by atoms with E-state index in [0.29, 0.717) is 0 Å². The lowest BCUT2D eigenvalue weighted by atomic mass is 9.80. The van der Waals surface area contributed by atoms with E-state index in [1.165, 1.54) is 61.2 Å². The van der Waals surface area contributed by atoms with E-state index in [1.54, 1.807) is 0 Å². The molecule has 0 spiro atoms. The molecule has 2 heteroatoms. The van der Waals surface area contributed by atoms with E-state index in [4.69, 9.17) is 9.98 Å². The van der Waals surface area contributed by atoms with Gasteiger partial charge in [-0.1, -0.05) is 237 Å². The van der Waals surface area contributed by atoms with Gasteiger partial charge in [0.1, 0.15) is 0 Å². The maximum Gasteiger partial charge on any atom is 0.155 e. The van der Waals surface area contributed by atoms with Crippen molar-refractivity contribution in [1.82, 2.24) is 0 Å². The van der Waals surface area contributed by atoms with E-state index >= 15 is 0 Å². The number of benzene rings is 7. The summed E-state index contributed by atoms with van der Waals surface area (Å²) in [6, 6.07) is 66.8. The van der Waals surface area contributed by atoms with E-state index in [9.17, 15) is 0 Å². The second kappa shape index (κ2) is 17.3. The van der Waals surface area contributed by atoms with Crippen LogP contribution in [0.3, 0.4) is 0 Å². The van der Waals surface area contributed by atoms with Crippen molar-refractivity contribution >= 4 is 28.3 Å². The maximum atomic E-state index is 5.49. The summed E-state index contributed by atoms with van der Waals surface area (Å²) >= 11 is 0. The standard InChI is InChI=1S/C59H44N2/c1-5-18-42(19-6-1)44-32-36-46(37-33-44)49-24-11-4-12-26-51(49)53-28-15-16-29-55(53)58-41-40-56-54(30-17-31-57(56)60-59(61-58)48-22-9-3-10-23-48)52-27-14-13-25-50(52)47-38-34-45(35-39-47)43-20-7-2-8-21-43/h1-3,5-41,56-57H,4H2/b41-40+,60-59?,61-58?. The number of amidine groups is 1. The first-order valence-corrected chi connectivity index (χ1v) is 21.1. The van der Waals surface area contributed by atoms with Crippen LogP contribution >= 0.6 is 0 Å². The molecule has 0 saturated carbocycles. The topological polar surface area (TPSA) is 24.7 Å². The Hall–Kier alpha value is -7.68. The molecule has 7 aromatic carbocycles. The zero-order chi connectivity index (χ0) is 40.8. The summed E-state index contributed by atoms with van der Waals surface area (Å²) in [5.74, 6) is 0.701. The minimum atomic E-state index is -0.136. The minimum absolute atomic E-state index is 0.0234. The highest BCUT2D eigenvalue weighted by molar-refractivity contribution is 6.20. The van der Waals surface area contributed by atoms with E-state index in [0.717, 1.165) is 34.7 Å². The third-order valence-corrected chi connectivity index (χ3v) is 11.8. The van der Waals surface area contributed by atoms with Crippen LogP contribution in [0.1, 0.15) is 34.2 Å². The summed E-state index contributed by atoms with van der Waals surface area (Å²) in [5.41, 5.74) is 17.3. The first-order chi connectivity index (χ1) is 30.3. The minimum Gasteiger partial charge on any atom is -0.258 e. The summed E-state index contributed by atoms with van der Waals surface area (Å²) in [7, 11) is 0. The van der Waals surface area contributed by atoms with Crippen molar-refractivity contribution in [1.29, 1.82) is 0 Å². The largest absolute Gasteiger partial charge is 0.258 e. The Morgan fingerprint density at radius 2 is 0.869 bits per heavy atom. The van der Waals surface area contributed by atoms with E-state index in [-0.39, 0.29) is 12.0 Å². The van der Waals surface area contributed by atoms with Crippen LogP contribution in [0.15, 0.2) is 253 Å². The molecular formula is C59H44N2. The van der Waals surface area contributed by atoms with Crippen molar-refractivity contribution in [3.63, 3.8) is 0 Å². The Bertz CT molecular complexity index is 2940. The van der Waals surface area contributed by atoms with Gasteiger partial charge < -0.3 is 0 Å². The van der Waals surface area contributed by atoms with Crippen molar-refractivity contribution in [2.24, 2.45) is 15.9 Å². The molecule has 0 amide bonds. The van der Waals surface area contributed by atoms with Crippen molar-refractivity contribution in [2.45, 2.75) is 12.5 Å². The van der Waals surface area contributed by atoms with Crippen LogP contribution in [0.2, 0.25) is 0 Å². The second-order valence-corrected chi connectivity index (χ2v) is 15.5. The fourth-order valence-electron chi connectivity index (χ4n) is 8.68. The van der Waals surface area contributed by atoms with E-state index in [2.05, 4.69) is 237 Å². The first-order valence-electron chi connectivity index (χ1n) is 21.1. The predicted octanol–water partition coefficient (Wildman–Crippen LogP) is 14.6. The number of nitrogens with zero attached hydrogens (tertiary/aromatic N) is 2. The molecule has 2 atom stereocenters. The Morgan fingerprint density at radius 1 is 0.377 bits per heavy atom. The molecule has 0 N–H and O–H groups in total. The zero-order valence-electron chi connectivity index (χ0n) is 33.9. The van der Waals surface area contributed by atoms with Crippen LogP contribution in [-0.2, 0) is 0 Å². The molecule has 1 heterocycles. The van der Waals surface area contributed by atoms with Crippen LogP contribution in [-0.4, -0.2) is 17.6 Å². The van der Waals surface area contributed by atoms with Gasteiger partial charge in [0.25, 0.3) is 0 Å². The molecule has 290 valence electrons. The fourth-order valence-corrected chi connectivity index (χ4v) is 8.68. The van der Waals surface area contributed by atoms with Crippen molar-refractivity contribution in [2.75, 3.05) is 0 Å². The van der Waals surface area contributed by atoms with Crippen LogP contribution in [0.4, 0.5) is 0 Å². The van der Waals surface area contributed by atoms with Crippen molar-refractivity contribution in [3.05, 3.63) is 271 Å². The number of hydrogen-bond donors (Lipinski definition) is 0. The molecule has 0 radical (unpaired) electrons. The second-order valence-electron chi connectivity index (χ2n) is 15.5. The summed E-state index contributed by atoms with van der Waals surface area (Å²) in [6.45, 7) is 0. The smallest absolute Gasteiger partial charge is 0.155 e. The maximum absolute atomic E-state index is 5.49. The van der Waals surface area contributed by atoms with Crippen LogP contribution < -0.4 is 0 Å². The molecule has 0 bridgehead atoms. The van der Waals surface area contributed by atoms with Crippen molar-refractivity contribution in [3.8, 4) is 33.4 Å². The van der Waals surface area contributed by atoms with E-state index < -0.39 is 0 Å². The molecule has 3 aliphatic rings. The number of rotatable bonds is 8. The lowest BCUT2D eigenvalue weighted by Gasteiger charge is -2.28. The van der Waals surface area contributed by atoms with Gasteiger partial charge in [0, 0.05) is 17.0 Å². The van der Waals surface area contributed by atoms with Gasteiger partial charge in [-0.2, -0.15) is 0 Å². The highest BCUT2D eigenvalue weighted by atomic mass is 15.0. The van der Waals surface area contributed by atoms with Gasteiger partial charge in [-0.05, 0) is 79.3 Å². The molecule has 0 fully saturated rings. The third-order valence-electron chi connectivity index (χ3n) is 11.8. The number of aliphatic imine (C=N–C) groups is 2. The Kier molecular flexibility index (Phi) is 10.6. The molecule has 2 unspecified atom stereocenters. The van der Waals surface area contributed by atoms with Crippen LogP contribution in [0, 0.1) is 5.92 Å². The first kappa shape index (κ1) is 37.6. The van der Waals surface area contributed by atoms with Crippen LogP contribution in [0.25, 0.3) is 50.1 Å². The number of fused-ring (bicyclic) bond motifs is 1. The van der Waals surface area contributed by atoms with E-state index in [1.807, 2.05) is 6.07 Å². The van der Waals surface area contributed by atoms with Gasteiger partial charge in [-0.3, -0.25) is 4.99 Å². The molecule has 2 aliphatic carbocycles. The molecule has 2 nitrogen and oxygen atoms in total. The number of hydrogen-bond acceptors (Lipinski definition) is 2. The average Bonchev–Trinajstić information content (AvgIpc) is 3.59. The quantitative estimate of drug-likeness (QED) is 0.147. The summed E-state index contributed by atoms with van der Waals surface area (Å²) in [6.07, 6.45) is 21.2. The Labute approximate surface area is 359 Å². The van der Waals surface area contributed by atoms with Gasteiger partial charge in [0.2, 0.25) is 0 Å². The molecule has 61 heavy (non-hydrogen) atoms. The molecular weight excluding hydrogens is 737 g/mol. The zero-order valence-corrected chi connectivity index (χ0v) is 33.9.